The summed E-state index contributed by atoms with van der Waals surface area (Å²) in [5.74, 6) is -0.592. The van der Waals surface area contributed by atoms with Gasteiger partial charge in [0.1, 0.15) is 5.75 Å². The number of benzene rings is 2. The normalized spacial score (nSPS) is 15.5. The fraction of sp³-hybridized carbons (Fsp3) is 0.333. The molecular formula is C21H25N3O6S. The monoisotopic (exact) mass is 447 g/mol. The molecule has 0 fully saturated rings. The first kappa shape index (κ1) is 22.6. The van der Waals surface area contributed by atoms with Crippen LogP contribution in [0.1, 0.15) is 16.8 Å². The summed E-state index contributed by atoms with van der Waals surface area (Å²) in [7, 11) is -2.03. The van der Waals surface area contributed by atoms with Crippen molar-refractivity contribution in [1.29, 1.82) is 0 Å². The standard InChI is InChI=1S/C21H25N3O6S/c1-29-13-7-12-22-20(25)15-8-3-4-9-16(15)23-21(26)19-14-24(31(2,27)28)17-10-5-6-11-18(17)30-19/h3-6,8-11,19H,7,12-14H2,1-2H3,(H,22,25)(H,23,26). The Bertz CT molecular complexity index is 1060. The first-order chi connectivity index (χ1) is 14.8. The van der Waals surface area contributed by atoms with Gasteiger partial charge in [-0.3, -0.25) is 13.9 Å². The van der Waals surface area contributed by atoms with Gasteiger partial charge in [0.25, 0.3) is 11.8 Å². The molecule has 2 aromatic carbocycles. The molecule has 1 aliphatic heterocycles. The first-order valence-electron chi connectivity index (χ1n) is 9.71. The second-order valence-electron chi connectivity index (χ2n) is 7.01. The van der Waals surface area contributed by atoms with Crippen LogP contribution >= 0.6 is 0 Å². The number of rotatable bonds is 8. The summed E-state index contributed by atoms with van der Waals surface area (Å²) in [6.45, 7) is 0.782. The van der Waals surface area contributed by atoms with E-state index in [1.165, 1.54) is 0 Å². The van der Waals surface area contributed by atoms with Gasteiger partial charge in [-0.1, -0.05) is 24.3 Å². The van der Waals surface area contributed by atoms with Crippen LogP contribution in [0.3, 0.4) is 0 Å². The van der Waals surface area contributed by atoms with Crippen LogP contribution in [-0.4, -0.2) is 59.4 Å². The zero-order valence-electron chi connectivity index (χ0n) is 17.3. The van der Waals surface area contributed by atoms with Crippen LogP contribution < -0.4 is 19.7 Å². The molecule has 1 unspecified atom stereocenters. The summed E-state index contributed by atoms with van der Waals surface area (Å²) in [6, 6.07) is 13.2. The van der Waals surface area contributed by atoms with Gasteiger partial charge in [-0.25, -0.2) is 8.42 Å². The van der Waals surface area contributed by atoms with Gasteiger partial charge in [0.05, 0.1) is 29.7 Å². The number of hydrogen-bond acceptors (Lipinski definition) is 6. The molecule has 166 valence electrons. The maximum Gasteiger partial charge on any atom is 0.267 e. The Balaban J connectivity index is 1.76. The van der Waals surface area contributed by atoms with E-state index in [0.717, 1.165) is 10.6 Å². The summed E-state index contributed by atoms with van der Waals surface area (Å²) < 4.78 is 36.3. The third kappa shape index (κ3) is 5.53. The second-order valence-corrected chi connectivity index (χ2v) is 8.91. The Morgan fingerprint density at radius 1 is 1.16 bits per heavy atom. The van der Waals surface area contributed by atoms with Gasteiger partial charge < -0.3 is 20.1 Å². The average molecular weight is 448 g/mol. The van der Waals surface area contributed by atoms with Gasteiger partial charge >= 0.3 is 0 Å². The van der Waals surface area contributed by atoms with Crippen LogP contribution in [-0.2, 0) is 19.6 Å². The van der Waals surface area contributed by atoms with E-state index >= 15 is 0 Å². The molecule has 3 rings (SSSR count). The lowest BCUT2D eigenvalue weighted by molar-refractivity contribution is -0.122. The number of hydrogen-bond donors (Lipinski definition) is 2. The van der Waals surface area contributed by atoms with Crippen molar-refractivity contribution < 1.29 is 27.5 Å². The van der Waals surface area contributed by atoms with E-state index in [9.17, 15) is 18.0 Å². The third-order valence-electron chi connectivity index (χ3n) is 4.67. The molecule has 1 atom stereocenters. The SMILES string of the molecule is COCCCNC(=O)c1ccccc1NC(=O)C1CN(S(C)(=O)=O)c2ccccc2O1. The smallest absolute Gasteiger partial charge is 0.267 e. The van der Waals surface area contributed by atoms with Crippen molar-refractivity contribution in [1.82, 2.24) is 5.32 Å². The fourth-order valence-electron chi connectivity index (χ4n) is 3.17. The highest BCUT2D eigenvalue weighted by Crippen LogP contribution is 2.34. The lowest BCUT2D eigenvalue weighted by Gasteiger charge is -2.33. The zero-order chi connectivity index (χ0) is 22.4. The molecule has 9 nitrogen and oxygen atoms in total. The summed E-state index contributed by atoms with van der Waals surface area (Å²) in [6.07, 6.45) is 0.656. The van der Waals surface area contributed by atoms with E-state index < -0.39 is 22.0 Å². The van der Waals surface area contributed by atoms with Gasteiger partial charge in [-0.2, -0.15) is 0 Å². The molecule has 0 aromatic heterocycles. The third-order valence-corrected chi connectivity index (χ3v) is 5.81. The summed E-state index contributed by atoms with van der Waals surface area (Å²) in [5, 5.41) is 5.47. The molecule has 31 heavy (non-hydrogen) atoms. The van der Waals surface area contributed by atoms with Crippen LogP contribution in [0.25, 0.3) is 0 Å². The maximum atomic E-state index is 12.9. The molecule has 1 heterocycles. The number of nitrogens with one attached hydrogen (secondary N) is 2. The van der Waals surface area contributed by atoms with Crippen LogP contribution in [0.4, 0.5) is 11.4 Å². The van der Waals surface area contributed by atoms with Gasteiger partial charge in [0.15, 0.2) is 6.10 Å². The minimum Gasteiger partial charge on any atom is -0.476 e. The number of sulfonamides is 1. The number of para-hydroxylation sites is 3. The molecule has 0 saturated heterocycles. The second kappa shape index (κ2) is 9.80. The van der Waals surface area contributed by atoms with Gasteiger partial charge in [-0.05, 0) is 30.7 Å². The van der Waals surface area contributed by atoms with E-state index in [1.807, 2.05) is 0 Å². The molecule has 0 radical (unpaired) electrons. The molecule has 0 aliphatic carbocycles. The molecule has 2 amide bonds. The fourth-order valence-corrected chi connectivity index (χ4v) is 4.08. The quantitative estimate of drug-likeness (QED) is 0.595. The molecule has 10 heteroatoms. The van der Waals surface area contributed by atoms with Crippen molar-refractivity contribution in [2.45, 2.75) is 12.5 Å². The van der Waals surface area contributed by atoms with Crippen molar-refractivity contribution in [2.75, 3.05) is 42.7 Å². The Kier molecular flexibility index (Phi) is 7.13. The first-order valence-corrected chi connectivity index (χ1v) is 11.6. The molecule has 1 aliphatic rings. The van der Waals surface area contributed by atoms with E-state index in [4.69, 9.17) is 9.47 Å². The number of carbonyl (C=O) groups is 2. The van der Waals surface area contributed by atoms with Gasteiger partial charge in [0, 0.05) is 20.3 Å². The Morgan fingerprint density at radius 2 is 1.87 bits per heavy atom. The van der Waals surface area contributed by atoms with Crippen molar-refractivity contribution >= 4 is 33.2 Å². The minimum absolute atomic E-state index is 0.174. The highest BCUT2D eigenvalue weighted by Gasteiger charge is 2.35. The molecule has 0 bridgehead atoms. The van der Waals surface area contributed by atoms with Crippen LogP contribution in [0.2, 0.25) is 0 Å². The molecule has 2 aromatic rings. The van der Waals surface area contributed by atoms with E-state index in [0.29, 0.717) is 42.3 Å². The van der Waals surface area contributed by atoms with E-state index in [2.05, 4.69) is 10.6 Å². The average Bonchev–Trinajstić information content (AvgIpc) is 2.75. The van der Waals surface area contributed by atoms with Crippen LogP contribution in [0.5, 0.6) is 5.75 Å². The topological polar surface area (TPSA) is 114 Å². The number of anilines is 2. The number of amides is 2. The Labute approximate surface area is 181 Å². The van der Waals surface area contributed by atoms with Crippen LogP contribution in [0, 0.1) is 0 Å². The van der Waals surface area contributed by atoms with Crippen molar-refractivity contribution in [3.8, 4) is 5.75 Å². The highest BCUT2D eigenvalue weighted by molar-refractivity contribution is 7.92. The zero-order valence-corrected chi connectivity index (χ0v) is 18.1. The van der Waals surface area contributed by atoms with E-state index in [-0.39, 0.29) is 12.5 Å². The predicted molar refractivity (Wildman–Crippen MR) is 117 cm³/mol. The molecule has 0 saturated carbocycles. The lowest BCUT2D eigenvalue weighted by atomic mass is 10.1. The summed E-state index contributed by atoms with van der Waals surface area (Å²) in [4.78, 5) is 25.4. The van der Waals surface area contributed by atoms with Crippen molar-refractivity contribution in [2.24, 2.45) is 0 Å². The van der Waals surface area contributed by atoms with Gasteiger partial charge in [0.2, 0.25) is 10.0 Å². The Hall–Kier alpha value is -3.11. The Morgan fingerprint density at radius 3 is 2.61 bits per heavy atom. The van der Waals surface area contributed by atoms with Gasteiger partial charge in [-0.15, -0.1) is 0 Å². The number of carbonyl (C=O) groups excluding carboxylic acids is 2. The largest absolute Gasteiger partial charge is 0.476 e. The number of methoxy groups -OCH3 is 1. The molecule has 2 N–H and O–H groups in total. The van der Waals surface area contributed by atoms with E-state index in [1.54, 1.807) is 55.6 Å². The van der Waals surface area contributed by atoms with Crippen molar-refractivity contribution in [3.63, 3.8) is 0 Å². The molecular weight excluding hydrogens is 422 g/mol. The van der Waals surface area contributed by atoms with Crippen molar-refractivity contribution in [3.05, 3.63) is 54.1 Å². The predicted octanol–water partition coefficient (Wildman–Crippen LogP) is 1.62. The number of nitrogens with zero attached hydrogens (tertiary/aromatic N) is 1. The highest BCUT2D eigenvalue weighted by atomic mass is 32.2. The minimum atomic E-state index is -3.62. The lowest BCUT2D eigenvalue weighted by Crippen LogP contribution is -2.48. The molecule has 0 spiro atoms. The summed E-state index contributed by atoms with van der Waals surface area (Å²) in [5.41, 5.74) is 0.986. The maximum absolute atomic E-state index is 12.9. The summed E-state index contributed by atoms with van der Waals surface area (Å²) >= 11 is 0. The number of ether oxygens (including phenoxy) is 2. The number of fused-ring (bicyclic) bond motifs is 1. The van der Waals surface area contributed by atoms with Crippen LogP contribution in [0.15, 0.2) is 48.5 Å².